The molecule has 1 aromatic carbocycles. The van der Waals surface area contributed by atoms with Gasteiger partial charge in [0.1, 0.15) is 5.75 Å². The molecule has 0 aromatic heterocycles. The Bertz CT molecular complexity index is 691. The molecule has 1 N–H and O–H groups in total. The molecule has 2 heterocycles. The predicted octanol–water partition coefficient (Wildman–Crippen LogP) is 1.91. The minimum atomic E-state index is -4.92. The number of carbonyl (C=O) groups excluding carboxylic acids is 1. The number of anilines is 2. The Morgan fingerprint density at radius 1 is 1.27 bits per heavy atom. The summed E-state index contributed by atoms with van der Waals surface area (Å²) in [6.07, 6.45) is -5.59. The second-order valence-electron chi connectivity index (χ2n) is 5.98. The molecule has 3 rings (SSSR count). The quantitative estimate of drug-likeness (QED) is 0.636. The number of nitrogens with zero attached hydrogens (tertiary/aromatic N) is 1. The number of hydrogen-bond acceptors (Lipinski definition) is 7. The highest BCUT2D eigenvalue weighted by Gasteiger charge is 2.67. The zero-order valence-electron chi connectivity index (χ0n) is 14.3. The number of halogens is 3. The second-order valence-corrected chi connectivity index (χ2v) is 5.98. The minimum absolute atomic E-state index is 0.00382. The van der Waals surface area contributed by atoms with E-state index in [2.05, 4.69) is 10.2 Å². The van der Waals surface area contributed by atoms with Crippen LogP contribution in [0.1, 0.15) is 5.56 Å². The first-order valence-corrected chi connectivity index (χ1v) is 7.95. The molecule has 0 radical (unpaired) electrons. The smallest absolute Gasteiger partial charge is 0.439 e. The van der Waals surface area contributed by atoms with Gasteiger partial charge in [-0.1, -0.05) is 0 Å². The maximum Gasteiger partial charge on any atom is 0.439 e. The van der Waals surface area contributed by atoms with Crippen LogP contribution in [0.25, 0.3) is 0 Å². The Morgan fingerprint density at radius 3 is 2.54 bits per heavy atom. The van der Waals surface area contributed by atoms with Gasteiger partial charge < -0.3 is 19.1 Å². The number of esters is 1. The summed E-state index contributed by atoms with van der Waals surface area (Å²) >= 11 is 0. The molecule has 0 amide bonds. The van der Waals surface area contributed by atoms with Gasteiger partial charge in [0, 0.05) is 31.1 Å². The number of benzene rings is 1. The topological polar surface area (TPSA) is 69.3 Å². The lowest BCUT2D eigenvalue weighted by molar-refractivity contribution is -0.246. The van der Waals surface area contributed by atoms with Gasteiger partial charge in [-0.2, -0.15) is 13.2 Å². The van der Waals surface area contributed by atoms with E-state index in [1.807, 2.05) is 4.90 Å². The first-order valence-electron chi connectivity index (χ1n) is 7.95. The van der Waals surface area contributed by atoms with E-state index in [4.69, 9.17) is 14.3 Å². The monoisotopic (exact) mass is 376 g/mol. The Morgan fingerprint density at radius 2 is 1.96 bits per heavy atom. The Balaban J connectivity index is 2.02. The van der Waals surface area contributed by atoms with Gasteiger partial charge in [0.25, 0.3) is 0 Å². The van der Waals surface area contributed by atoms with Crippen LogP contribution in [-0.2, 0) is 25.5 Å². The average Bonchev–Trinajstić information content (AvgIpc) is 3.01. The maximum absolute atomic E-state index is 13.6. The van der Waals surface area contributed by atoms with E-state index in [-0.39, 0.29) is 11.3 Å². The molecule has 144 valence electrons. The molecule has 2 aliphatic heterocycles. The van der Waals surface area contributed by atoms with E-state index in [0.717, 1.165) is 7.11 Å². The zero-order chi connectivity index (χ0) is 18.9. The predicted molar refractivity (Wildman–Crippen MR) is 85.2 cm³/mol. The highest BCUT2D eigenvalue weighted by atomic mass is 19.4. The van der Waals surface area contributed by atoms with Crippen molar-refractivity contribution < 1.29 is 37.0 Å². The molecule has 0 aliphatic carbocycles. The molecule has 10 heteroatoms. The number of nitrogens with one attached hydrogen (secondary N) is 1. The van der Waals surface area contributed by atoms with Gasteiger partial charge in [-0.05, 0) is 6.07 Å². The third-order valence-electron chi connectivity index (χ3n) is 4.44. The molecular weight excluding hydrogens is 357 g/mol. The van der Waals surface area contributed by atoms with Crippen LogP contribution in [0.4, 0.5) is 24.5 Å². The number of alkyl halides is 3. The summed E-state index contributed by atoms with van der Waals surface area (Å²) in [4.78, 5) is 18.8. The van der Waals surface area contributed by atoms with Crippen molar-refractivity contribution in [1.29, 1.82) is 0 Å². The fourth-order valence-corrected chi connectivity index (χ4v) is 3.15. The number of hydrogen-bond donors (Lipinski definition) is 1. The highest BCUT2D eigenvalue weighted by Crippen LogP contribution is 2.48. The molecule has 1 fully saturated rings. The van der Waals surface area contributed by atoms with Crippen molar-refractivity contribution in [2.75, 3.05) is 50.9 Å². The van der Waals surface area contributed by atoms with Crippen molar-refractivity contribution in [2.24, 2.45) is 0 Å². The van der Waals surface area contributed by atoms with Crippen molar-refractivity contribution in [3.05, 3.63) is 17.7 Å². The van der Waals surface area contributed by atoms with Gasteiger partial charge in [-0.25, -0.2) is 4.79 Å². The molecule has 1 saturated heterocycles. The summed E-state index contributed by atoms with van der Waals surface area (Å²) in [7, 11) is 2.31. The molecular formula is C16H19F3N2O5. The maximum atomic E-state index is 13.6. The molecule has 1 unspecified atom stereocenters. The van der Waals surface area contributed by atoms with Crippen LogP contribution in [0.2, 0.25) is 0 Å². The number of rotatable bonds is 4. The number of morpholine rings is 1. The summed E-state index contributed by atoms with van der Waals surface area (Å²) in [6, 6.07) is 2.98. The second kappa shape index (κ2) is 6.84. The largest absolute Gasteiger partial charge is 0.466 e. The lowest BCUT2D eigenvalue weighted by atomic mass is 9.96. The standard InChI is InChI=1S/C16H19F3N2O5/c1-23-14(22)15(16(17,18)19)9-10-7-11(20-24-2)12(8-13(10)26-15)21-3-5-25-6-4-21/h7-8,20H,3-6,9H2,1-2H3. The first kappa shape index (κ1) is 18.6. The van der Waals surface area contributed by atoms with E-state index in [0.29, 0.717) is 37.7 Å². The van der Waals surface area contributed by atoms with Crippen LogP contribution < -0.4 is 15.1 Å². The summed E-state index contributed by atoms with van der Waals surface area (Å²) in [6.45, 7) is 2.13. The van der Waals surface area contributed by atoms with Crippen molar-refractivity contribution >= 4 is 17.3 Å². The molecule has 7 nitrogen and oxygen atoms in total. The van der Waals surface area contributed by atoms with Crippen LogP contribution in [0.5, 0.6) is 5.75 Å². The third-order valence-corrected chi connectivity index (χ3v) is 4.44. The fourth-order valence-electron chi connectivity index (χ4n) is 3.15. The molecule has 2 aliphatic rings. The van der Waals surface area contributed by atoms with E-state index >= 15 is 0 Å². The van der Waals surface area contributed by atoms with Gasteiger partial charge in [0.2, 0.25) is 0 Å². The number of methoxy groups -OCH3 is 1. The van der Waals surface area contributed by atoms with Gasteiger partial charge in [0.15, 0.2) is 0 Å². The van der Waals surface area contributed by atoms with Crippen LogP contribution in [0.3, 0.4) is 0 Å². The Labute approximate surface area is 147 Å². The SMILES string of the molecule is CONc1cc2c(cc1N1CCOCC1)OC(C(=O)OC)(C(F)(F)F)C2. The van der Waals surface area contributed by atoms with E-state index in [1.165, 1.54) is 19.2 Å². The van der Waals surface area contributed by atoms with Crippen molar-refractivity contribution in [1.82, 2.24) is 0 Å². The van der Waals surface area contributed by atoms with Crippen LogP contribution in [0.15, 0.2) is 12.1 Å². The van der Waals surface area contributed by atoms with Gasteiger partial charge in [0.05, 0.1) is 38.8 Å². The lowest BCUT2D eigenvalue weighted by Gasteiger charge is -2.31. The van der Waals surface area contributed by atoms with E-state index in [9.17, 15) is 18.0 Å². The normalized spacial score (nSPS) is 22.6. The van der Waals surface area contributed by atoms with Gasteiger partial charge in [-0.15, -0.1) is 0 Å². The molecule has 1 atom stereocenters. The lowest BCUT2D eigenvalue weighted by Crippen LogP contribution is -2.56. The molecule has 26 heavy (non-hydrogen) atoms. The van der Waals surface area contributed by atoms with Gasteiger partial charge >= 0.3 is 17.7 Å². The summed E-state index contributed by atoms with van der Waals surface area (Å²) in [5.41, 5.74) is 0.967. The van der Waals surface area contributed by atoms with Gasteiger partial charge in [-0.3, -0.25) is 10.3 Å². The third kappa shape index (κ3) is 3.03. The average molecular weight is 376 g/mol. The van der Waals surface area contributed by atoms with E-state index in [1.54, 1.807) is 0 Å². The molecule has 0 saturated carbocycles. The number of ether oxygens (including phenoxy) is 3. The van der Waals surface area contributed by atoms with E-state index < -0.39 is 24.2 Å². The minimum Gasteiger partial charge on any atom is -0.466 e. The molecule has 0 bridgehead atoms. The Kier molecular flexibility index (Phi) is 4.89. The van der Waals surface area contributed by atoms with Crippen LogP contribution in [-0.4, -0.2) is 58.3 Å². The summed E-state index contributed by atoms with van der Waals surface area (Å²) in [5, 5.41) is 0. The first-order chi connectivity index (χ1) is 12.3. The number of carbonyl (C=O) groups is 1. The molecule has 1 aromatic rings. The van der Waals surface area contributed by atoms with Crippen molar-refractivity contribution in [2.45, 2.75) is 18.2 Å². The van der Waals surface area contributed by atoms with Crippen molar-refractivity contribution in [3.8, 4) is 5.75 Å². The zero-order valence-corrected chi connectivity index (χ0v) is 14.3. The summed E-state index contributed by atoms with van der Waals surface area (Å²) < 4.78 is 55.7. The Hall–Kier alpha value is -2.20. The van der Waals surface area contributed by atoms with Crippen LogP contribution >= 0.6 is 0 Å². The summed E-state index contributed by atoms with van der Waals surface area (Å²) in [5.74, 6) is -1.48. The van der Waals surface area contributed by atoms with Crippen LogP contribution in [0, 0.1) is 0 Å². The van der Waals surface area contributed by atoms with Crippen molar-refractivity contribution in [3.63, 3.8) is 0 Å². The molecule has 0 spiro atoms. The number of fused-ring (bicyclic) bond motifs is 1. The fraction of sp³-hybridized carbons (Fsp3) is 0.562. The highest BCUT2D eigenvalue weighted by molar-refractivity contribution is 5.84.